The van der Waals surface area contributed by atoms with E-state index in [1.807, 2.05) is 0 Å². The number of benzene rings is 1. The Morgan fingerprint density at radius 1 is 1.10 bits per heavy atom. The molecule has 1 heterocycles. The normalized spacial score (nSPS) is 12.7. The van der Waals surface area contributed by atoms with Crippen molar-refractivity contribution in [3.05, 3.63) is 57.9 Å². The first-order valence-electron chi connectivity index (χ1n) is 7.90. The van der Waals surface area contributed by atoms with Crippen LogP contribution in [0.1, 0.15) is 53.5 Å². The van der Waals surface area contributed by atoms with E-state index in [1.54, 1.807) is 0 Å². The van der Waals surface area contributed by atoms with Crippen LogP contribution in [0.5, 0.6) is 0 Å². The Kier molecular flexibility index (Phi) is 4.89. The summed E-state index contributed by atoms with van der Waals surface area (Å²) in [7, 11) is 0. The highest BCUT2D eigenvalue weighted by molar-refractivity contribution is 5.33. The standard InChI is InChI=1S/C19H28N2/c1-7-21-15(4)11-18(17(21)6)12-20-16(5)19-10-13(2)8-9-14(19)3/h8-11,16,20H,7,12H2,1-6H3. The Bertz CT molecular complexity index is 623. The molecule has 0 aliphatic heterocycles. The van der Waals surface area contributed by atoms with Gasteiger partial charge in [-0.25, -0.2) is 0 Å². The lowest BCUT2D eigenvalue weighted by molar-refractivity contribution is 0.569. The summed E-state index contributed by atoms with van der Waals surface area (Å²) in [5.74, 6) is 0. The van der Waals surface area contributed by atoms with Crippen molar-refractivity contribution < 1.29 is 0 Å². The minimum atomic E-state index is 0.370. The number of aromatic nitrogens is 1. The molecule has 2 rings (SSSR count). The van der Waals surface area contributed by atoms with Crippen LogP contribution < -0.4 is 5.32 Å². The van der Waals surface area contributed by atoms with Gasteiger partial charge in [0, 0.05) is 30.5 Å². The van der Waals surface area contributed by atoms with E-state index in [1.165, 1.54) is 33.6 Å². The number of aryl methyl sites for hydroxylation is 3. The average molecular weight is 284 g/mol. The molecule has 0 saturated heterocycles. The summed E-state index contributed by atoms with van der Waals surface area (Å²) in [6.07, 6.45) is 0. The second kappa shape index (κ2) is 6.48. The third-order valence-electron chi connectivity index (χ3n) is 4.49. The predicted molar refractivity (Wildman–Crippen MR) is 90.8 cm³/mol. The Morgan fingerprint density at radius 3 is 2.43 bits per heavy atom. The van der Waals surface area contributed by atoms with Gasteiger partial charge in [-0.2, -0.15) is 0 Å². The van der Waals surface area contributed by atoms with Gasteiger partial charge in [0.25, 0.3) is 0 Å². The lowest BCUT2D eigenvalue weighted by Gasteiger charge is -2.17. The molecule has 1 atom stereocenters. The molecule has 0 fully saturated rings. The molecular formula is C19H28N2. The van der Waals surface area contributed by atoms with Crippen LogP contribution in [0.15, 0.2) is 24.3 Å². The molecule has 0 aliphatic rings. The fourth-order valence-corrected chi connectivity index (χ4v) is 3.14. The highest BCUT2D eigenvalue weighted by Gasteiger charge is 2.11. The van der Waals surface area contributed by atoms with Crippen LogP contribution in [0.4, 0.5) is 0 Å². The van der Waals surface area contributed by atoms with Crippen LogP contribution in [-0.4, -0.2) is 4.57 Å². The van der Waals surface area contributed by atoms with Crippen molar-refractivity contribution in [3.63, 3.8) is 0 Å². The van der Waals surface area contributed by atoms with Crippen LogP contribution in [0, 0.1) is 27.7 Å². The molecular weight excluding hydrogens is 256 g/mol. The molecule has 2 nitrogen and oxygen atoms in total. The topological polar surface area (TPSA) is 17.0 Å². The van der Waals surface area contributed by atoms with Gasteiger partial charge in [0.15, 0.2) is 0 Å². The van der Waals surface area contributed by atoms with E-state index in [9.17, 15) is 0 Å². The van der Waals surface area contributed by atoms with Crippen molar-refractivity contribution in [3.8, 4) is 0 Å². The van der Waals surface area contributed by atoms with E-state index in [0.29, 0.717) is 6.04 Å². The van der Waals surface area contributed by atoms with Crippen LogP contribution in [0.2, 0.25) is 0 Å². The molecule has 0 aliphatic carbocycles. The first-order chi connectivity index (χ1) is 9.93. The highest BCUT2D eigenvalue weighted by Crippen LogP contribution is 2.21. The minimum absolute atomic E-state index is 0.370. The fourth-order valence-electron chi connectivity index (χ4n) is 3.14. The van der Waals surface area contributed by atoms with Crippen molar-refractivity contribution in [2.45, 2.75) is 60.7 Å². The van der Waals surface area contributed by atoms with Crippen molar-refractivity contribution >= 4 is 0 Å². The summed E-state index contributed by atoms with van der Waals surface area (Å²) < 4.78 is 2.37. The highest BCUT2D eigenvalue weighted by atomic mass is 15.0. The molecule has 114 valence electrons. The third-order valence-corrected chi connectivity index (χ3v) is 4.49. The molecule has 0 spiro atoms. The maximum absolute atomic E-state index is 3.68. The molecule has 1 aromatic heterocycles. The van der Waals surface area contributed by atoms with Gasteiger partial charge in [0.1, 0.15) is 0 Å². The molecule has 0 saturated carbocycles. The molecule has 2 aromatic rings. The van der Waals surface area contributed by atoms with E-state index < -0.39 is 0 Å². The maximum Gasteiger partial charge on any atom is 0.0297 e. The number of nitrogens with zero attached hydrogens (tertiary/aromatic N) is 1. The number of hydrogen-bond donors (Lipinski definition) is 1. The monoisotopic (exact) mass is 284 g/mol. The van der Waals surface area contributed by atoms with Crippen LogP contribution in [0.25, 0.3) is 0 Å². The van der Waals surface area contributed by atoms with Gasteiger partial charge in [0.05, 0.1) is 0 Å². The quantitative estimate of drug-likeness (QED) is 0.849. The molecule has 0 bridgehead atoms. The Balaban J connectivity index is 2.11. The number of nitrogens with one attached hydrogen (secondary N) is 1. The van der Waals surface area contributed by atoms with Gasteiger partial charge in [-0.3, -0.25) is 0 Å². The van der Waals surface area contributed by atoms with Gasteiger partial charge in [-0.1, -0.05) is 23.8 Å². The molecule has 0 radical (unpaired) electrons. The molecule has 1 unspecified atom stereocenters. The molecule has 0 amide bonds. The summed E-state index contributed by atoms with van der Waals surface area (Å²) in [4.78, 5) is 0. The first-order valence-corrected chi connectivity index (χ1v) is 7.90. The second-order valence-electron chi connectivity index (χ2n) is 6.10. The minimum Gasteiger partial charge on any atom is -0.349 e. The summed E-state index contributed by atoms with van der Waals surface area (Å²) in [5.41, 5.74) is 8.24. The molecule has 1 N–H and O–H groups in total. The van der Waals surface area contributed by atoms with Crippen LogP contribution in [0.3, 0.4) is 0 Å². The Hall–Kier alpha value is -1.54. The fraction of sp³-hybridized carbons (Fsp3) is 0.474. The van der Waals surface area contributed by atoms with Crippen molar-refractivity contribution in [1.82, 2.24) is 9.88 Å². The van der Waals surface area contributed by atoms with Gasteiger partial charge >= 0.3 is 0 Å². The summed E-state index contributed by atoms with van der Waals surface area (Å²) in [6, 6.07) is 9.37. The van der Waals surface area contributed by atoms with Gasteiger partial charge in [-0.05, 0) is 64.3 Å². The number of rotatable bonds is 5. The van der Waals surface area contributed by atoms with Crippen molar-refractivity contribution in [2.75, 3.05) is 0 Å². The van der Waals surface area contributed by atoms with Gasteiger partial charge in [-0.15, -0.1) is 0 Å². The van der Waals surface area contributed by atoms with Gasteiger partial charge < -0.3 is 9.88 Å². The largest absolute Gasteiger partial charge is 0.349 e. The SMILES string of the molecule is CCn1c(C)cc(CNC(C)c2cc(C)ccc2C)c1C. The average Bonchev–Trinajstić information content (AvgIpc) is 2.73. The summed E-state index contributed by atoms with van der Waals surface area (Å²) >= 11 is 0. The van der Waals surface area contributed by atoms with E-state index in [4.69, 9.17) is 0 Å². The summed E-state index contributed by atoms with van der Waals surface area (Å²) in [5, 5.41) is 3.68. The van der Waals surface area contributed by atoms with Crippen molar-refractivity contribution in [1.29, 1.82) is 0 Å². The maximum atomic E-state index is 3.68. The Morgan fingerprint density at radius 2 is 1.81 bits per heavy atom. The zero-order valence-corrected chi connectivity index (χ0v) is 14.2. The lowest BCUT2D eigenvalue weighted by Crippen LogP contribution is -2.19. The third kappa shape index (κ3) is 3.38. The van der Waals surface area contributed by atoms with E-state index in [0.717, 1.165) is 13.1 Å². The van der Waals surface area contributed by atoms with Crippen molar-refractivity contribution in [2.24, 2.45) is 0 Å². The van der Waals surface area contributed by atoms with Gasteiger partial charge in [0.2, 0.25) is 0 Å². The molecule has 21 heavy (non-hydrogen) atoms. The lowest BCUT2D eigenvalue weighted by atomic mass is 10.00. The summed E-state index contributed by atoms with van der Waals surface area (Å²) in [6.45, 7) is 15.2. The predicted octanol–water partition coefficient (Wildman–Crippen LogP) is 4.59. The van der Waals surface area contributed by atoms with Crippen LogP contribution >= 0.6 is 0 Å². The number of hydrogen-bond acceptors (Lipinski definition) is 1. The van der Waals surface area contributed by atoms with E-state index in [2.05, 4.69) is 75.7 Å². The molecule has 1 aromatic carbocycles. The zero-order valence-electron chi connectivity index (χ0n) is 14.2. The smallest absolute Gasteiger partial charge is 0.0297 e. The second-order valence-corrected chi connectivity index (χ2v) is 6.10. The Labute approximate surface area is 129 Å². The zero-order chi connectivity index (χ0) is 15.6. The van der Waals surface area contributed by atoms with E-state index in [-0.39, 0.29) is 0 Å². The van der Waals surface area contributed by atoms with E-state index >= 15 is 0 Å². The first kappa shape index (κ1) is 15.8. The van der Waals surface area contributed by atoms with Crippen LogP contribution in [-0.2, 0) is 13.1 Å². The molecule has 2 heteroatoms.